The molecule has 0 radical (unpaired) electrons. The maximum Gasteiger partial charge on any atom is 0.522 e. The van der Waals surface area contributed by atoms with Gasteiger partial charge in [-0.15, -0.1) is 13.2 Å². The van der Waals surface area contributed by atoms with Gasteiger partial charge in [-0.25, -0.2) is 0 Å². The van der Waals surface area contributed by atoms with Crippen molar-refractivity contribution in [1.82, 2.24) is 5.32 Å². The molecular formula is C7H11F6NO. The Bertz CT molecular complexity index is 177. The molecule has 0 saturated carbocycles. The van der Waals surface area contributed by atoms with Crippen molar-refractivity contribution in [2.45, 2.75) is 31.9 Å². The van der Waals surface area contributed by atoms with E-state index in [9.17, 15) is 26.3 Å². The summed E-state index contributed by atoms with van der Waals surface area (Å²) in [7, 11) is 0. The van der Waals surface area contributed by atoms with Crippen molar-refractivity contribution in [3.63, 3.8) is 0 Å². The van der Waals surface area contributed by atoms with Gasteiger partial charge >= 0.3 is 12.5 Å². The third-order valence-corrected chi connectivity index (χ3v) is 1.40. The van der Waals surface area contributed by atoms with Gasteiger partial charge in [0.25, 0.3) is 0 Å². The van der Waals surface area contributed by atoms with Gasteiger partial charge in [0, 0.05) is 12.6 Å². The van der Waals surface area contributed by atoms with Crippen LogP contribution in [0.2, 0.25) is 0 Å². The van der Waals surface area contributed by atoms with Gasteiger partial charge in [0.05, 0.1) is 13.0 Å². The first-order chi connectivity index (χ1) is 6.60. The molecule has 0 saturated heterocycles. The van der Waals surface area contributed by atoms with Gasteiger partial charge in [-0.2, -0.15) is 13.2 Å². The smallest absolute Gasteiger partial charge is 0.312 e. The van der Waals surface area contributed by atoms with Gasteiger partial charge in [0.2, 0.25) is 0 Å². The molecule has 2 nitrogen and oxygen atoms in total. The van der Waals surface area contributed by atoms with E-state index in [0.29, 0.717) is 0 Å². The Morgan fingerprint density at radius 3 is 2.07 bits per heavy atom. The van der Waals surface area contributed by atoms with Crippen molar-refractivity contribution in [3.8, 4) is 0 Å². The molecule has 0 aromatic rings. The van der Waals surface area contributed by atoms with Crippen molar-refractivity contribution >= 4 is 0 Å². The van der Waals surface area contributed by atoms with Crippen LogP contribution >= 0.6 is 0 Å². The summed E-state index contributed by atoms with van der Waals surface area (Å²) in [5.41, 5.74) is 0. The van der Waals surface area contributed by atoms with Crippen molar-refractivity contribution in [2.24, 2.45) is 0 Å². The van der Waals surface area contributed by atoms with Gasteiger partial charge in [-0.3, -0.25) is 4.74 Å². The Hall–Kier alpha value is -0.500. The van der Waals surface area contributed by atoms with Gasteiger partial charge in [-0.1, -0.05) is 0 Å². The fourth-order valence-corrected chi connectivity index (χ4v) is 0.891. The predicted molar refractivity (Wildman–Crippen MR) is 40.1 cm³/mol. The zero-order valence-corrected chi connectivity index (χ0v) is 7.87. The molecule has 0 amide bonds. The summed E-state index contributed by atoms with van der Waals surface area (Å²) >= 11 is 0. The van der Waals surface area contributed by atoms with Crippen molar-refractivity contribution in [1.29, 1.82) is 0 Å². The number of rotatable bonds is 5. The molecule has 0 spiro atoms. The molecule has 0 aromatic heterocycles. The lowest BCUT2D eigenvalue weighted by Crippen LogP contribution is -2.34. The third-order valence-electron chi connectivity index (χ3n) is 1.40. The van der Waals surface area contributed by atoms with E-state index in [1.165, 1.54) is 6.92 Å². The summed E-state index contributed by atoms with van der Waals surface area (Å²) in [5.74, 6) is 0. The summed E-state index contributed by atoms with van der Waals surface area (Å²) in [6.45, 7) is 0.254. The number of halogens is 6. The van der Waals surface area contributed by atoms with Gasteiger partial charge in [0.1, 0.15) is 0 Å². The van der Waals surface area contributed by atoms with E-state index in [1.54, 1.807) is 0 Å². The number of hydrogen-bond donors (Lipinski definition) is 1. The Kier molecular flexibility index (Phi) is 5.36. The summed E-state index contributed by atoms with van der Waals surface area (Å²) in [6, 6.07) is -0.929. The summed E-state index contributed by atoms with van der Waals surface area (Å²) in [4.78, 5) is 0. The molecule has 0 fully saturated rings. The minimum atomic E-state index is -4.74. The van der Waals surface area contributed by atoms with Crippen LogP contribution in [0, 0.1) is 0 Å². The average molecular weight is 239 g/mol. The van der Waals surface area contributed by atoms with E-state index >= 15 is 0 Å². The highest BCUT2D eigenvalue weighted by atomic mass is 19.4. The second kappa shape index (κ2) is 5.55. The maximum atomic E-state index is 11.8. The molecule has 0 heterocycles. The molecular weight excluding hydrogens is 228 g/mol. The van der Waals surface area contributed by atoms with Crippen LogP contribution in [0.4, 0.5) is 26.3 Å². The second-order valence-corrected chi connectivity index (χ2v) is 2.97. The molecule has 1 unspecified atom stereocenters. The fourth-order valence-electron chi connectivity index (χ4n) is 0.891. The first-order valence-electron chi connectivity index (χ1n) is 4.11. The average Bonchev–Trinajstić information content (AvgIpc) is 1.92. The topological polar surface area (TPSA) is 21.3 Å². The number of alkyl halides is 6. The number of hydrogen-bond acceptors (Lipinski definition) is 2. The molecule has 0 aliphatic heterocycles. The van der Waals surface area contributed by atoms with Crippen LogP contribution in [-0.4, -0.2) is 31.7 Å². The Balaban J connectivity index is 3.52. The minimum absolute atomic E-state index is 0.281. The highest BCUT2D eigenvalue weighted by Crippen LogP contribution is 2.21. The van der Waals surface area contributed by atoms with Crippen LogP contribution in [0.5, 0.6) is 0 Å². The Morgan fingerprint density at radius 2 is 1.67 bits per heavy atom. The second-order valence-electron chi connectivity index (χ2n) is 2.97. The lowest BCUT2D eigenvalue weighted by molar-refractivity contribution is -0.323. The third kappa shape index (κ3) is 11.4. The van der Waals surface area contributed by atoms with Gasteiger partial charge in [-0.05, 0) is 6.92 Å². The summed E-state index contributed by atoms with van der Waals surface area (Å²) in [5, 5.41) is 2.27. The van der Waals surface area contributed by atoms with E-state index in [1.807, 2.05) is 0 Å². The summed E-state index contributed by atoms with van der Waals surface area (Å²) < 4.78 is 72.9. The molecule has 0 rings (SSSR count). The lowest BCUT2D eigenvalue weighted by atomic mass is 10.2. The van der Waals surface area contributed by atoms with Crippen LogP contribution < -0.4 is 5.32 Å². The largest absolute Gasteiger partial charge is 0.522 e. The molecule has 15 heavy (non-hydrogen) atoms. The number of nitrogens with one attached hydrogen (secondary N) is 1. The van der Waals surface area contributed by atoms with Crippen molar-refractivity contribution < 1.29 is 31.1 Å². The van der Waals surface area contributed by atoms with Crippen LogP contribution in [0.1, 0.15) is 13.3 Å². The molecule has 0 aromatic carbocycles. The monoisotopic (exact) mass is 239 g/mol. The van der Waals surface area contributed by atoms with E-state index in [-0.39, 0.29) is 6.54 Å². The van der Waals surface area contributed by atoms with E-state index in [2.05, 4.69) is 10.1 Å². The van der Waals surface area contributed by atoms with Crippen LogP contribution in [-0.2, 0) is 4.74 Å². The lowest BCUT2D eigenvalue weighted by Gasteiger charge is -2.16. The Labute approximate surface area is 82.6 Å². The highest BCUT2D eigenvalue weighted by molar-refractivity contribution is 4.65. The minimum Gasteiger partial charge on any atom is -0.312 e. The molecule has 0 bridgehead atoms. The first kappa shape index (κ1) is 14.5. The standard InChI is InChI=1S/C7H11F6NO/c1-5(4-6(8,9)10)14-2-3-15-7(11,12)13/h5,14H,2-4H2,1H3. The SMILES string of the molecule is CC(CC(F)(F)F)NCCOC(F)(F)F. The van der Waals surface area contributed by atoms with Crippen LogP contribution in [0.25, 0.3) is 0 Å². The number of ether oxygens (including phenoxy) is 1. The molecule has 1 atom stereocenters. The zero-order valence-electron chi connectivity index (χ0n) is 7.87. The van der Waals surface area contributed by atoms with E-state index < -0.39 is 31.6 Å². The van der Waals surface area contributed by atoms with Crippen LogP contribution in [0.3, 0.4) is 0 Å². The predicted octanol–water partition coefficient (Wildman–Crippen LogP) is 2.45. The van der Waals surface area contributed by atoms with Gasteiger partial charge < -0.3 is 5.32 Å². The van der Waals surface area contributed by atoms with E-state index in [4.69, 9.17) is 0 Å². The Morgan fingerprint density at radius 1 is 1.13 bits per heavy atom. The molecule has 92 valence electrons. The fraction of sp³-hybridized carbons (Fsp3) is 1.00. The van der Waals surface area contributed by atoms with Crippen molar-refractivity contribution in [3.05, 3.63) is 0 Å². The molecule has 8 heteroatoms. The summed E-state index contributed by atoms with van der Waals surface area (Å²) in [6.07, 6.45) is -10.1. The molecule has 1 N–H and O–H groups in total. The molecule has 0 aliphatic rings. The first-order valence-corrected chi connectivity index (χ1v) is 4.11. The van der Waals surface area contributed by atoms with Crippen LogP contribution in [0.15, 0.2) is 0 Å². The van der Waals surface area contributed by atoms with E-state index in [0.717, 1.165) is 0 Å². The highest BCUT2D eigenvalue weighted by Gasteiger charge is 2.30. The molecule has 0 aliphatic carbocycles. The van der Waals surface area contributed by atoms with Gasteiger partial charge in [0.15, 0.2) is 0 Å². The normalized spacial score (nSPS) is 15.4. The zero-order chi connectivity index (χ0) is 12.1. The van der Waals surface area contributed by atoms with Crippen molar-refractivity contribution in [2.75, 3.05) is 13.2 Å². The maximum absolute atomic E-state index is 11.8. The quantitative estimate of drug-likeness (QED) is 0.587.